The predicted octanol–water partition coefficient (Wildman–Crippen LogP) is 1.86. The zero-order chi connectivity index (χ0) is 15.3. The van der Waals surface area contributed by atoms with Crippen molar-refractivity contribution in [3.05, 3.63) is 35.9 Å². The Hall–Kier alpha value is -1.39. The van der Waals surface area contributed by atoms with Crippen molar-refractivity contribution in [3.8, 4) is 0 Å². The van der Waals surface area contributed by atoms with Gasteiger partial charge in [-0.1, -0.05) is 44.2 Å². The second-order valence-electron chi connectivity index (χ2n) is 6.38. The van der Waals surface area contributed by atoms with Crippen LogP contribution >= 0.6 is 0 Å². The summed E-state index contributed by atoms with van der Waals surface area (Å²) >= 11 is 0. The molecule has 4 heteroatoms. The summed E-state index contributed by atoms with van der Waals surface area (Å²) in [6.45, 7) is 5.83. The number of hydrogen-bond donors (Lipinski definition) is 3. The van der Waals surface area contributed by atoms with Crippen molar-refractivity contribution in [2.75, 3.05) is 19.7 Å². The van der Waals surface area contributed by atoms with E-state index in [-0.39, 0.29) is 18.6 Å². The number of nitrogens with one attached hydrogen (secondary N) is 2. The van der Waals surface area contributed by atoms with Gasteiger partial charge < -0.3 is 15.7 Å². The van der Waals surface area contributed by atoms with Crippen LogP contribution in [0.15, 0.2) is 30.3 Å². The highest BCUT2D eigenvalue weighted by Gasteiger charge is 2.38. The van der Waals surface area contributed by atoms with Crippen molar-refractivity contribution in [2.24, 2.45) is 11.3 Å². The van der Waals surface area contributed by atoms with Gasteiger partial charge in [-0.3, -0.25) is 4.79 Å². The normalized spacial score (nSPS) is 20.8. The van der Waals surface area contributed by atoms with Crippen LogP contribution in [-0.4, -0.2) is 30.7 Å². The van der Waals surface area contributed by atoms with E-state index in [1.807, 2.05) is 44.2 Å². The average Bonchev–Trinajstić information content (AvgIpc) is 2.54. The maximum Gasteiger partial charge on any atom is 0.226 e. The summed E-state index contributed by atoms with van der Waals surface area (Å²) in [5.41, 5.74) is 0.501. The van der Waals surface area contributed by atoms with E-state index in [1.165, 1.54) is 0 Å². The van der Waals surface area contributed by atoms with E-state index in [2.05, 4.69) is 10.6 Å². The minimum absolute atomic E-state index is 0.0131. The Morgan fingerprint density at radius 1 is 1.43 bits per heavy atom. The lowest BCUT2D eigenvalue weighted by Crippen LogP contribution is -2.48. The lowest BCUT2D eigenvalue weighted by Gasteiger charge is -2.37. The average molecular weight is 290 g/mol. The van der Waals surface area contributed by atoms with E-state index in [0.717, 1.165) is 31.5 Å². The van der Waals surface area contributed by atoms with Crippen LogP contribution in [0.1, 0.15) is 38.3 Å². The molecule has 4 nitrogen and oxygen atoms in total. The first-order valence-corrected chi connectivity index (χ1v) is 7.73. The second kappa shape index (κ2) is 7.05. The number of aliphatic hydroxyl groups is 1. The molecule has 1 amide bonds. The molecule has 1 aliphatic rings. The van der Waals surface area contributed by atoms with E-state index in [4.69, 9.17) is 0 Å². The van der Waals surface area contributed by atoms with E-state index in [0.29, 0.717) is 5.92 Å². The number of carbonyl (C=O) groups is 1. The minimum Gasteiger partial charge on any atom is -0.394 e. The summed E-state index contributed by atoms with van der Waals surface area (Å²) in [7, 11) is 0. The molecule has 0 radical (unpaired) electrons. The Kier molecular flexibility index (Phi) is 5.37. The van der Waals surface area contributed by atoms with E-state index >= 15 is 0 Å². The lowest BCUT2D eigenvalue weighted by atomic mass is 9.74. The molecule has 1 heterocycles. The topological polar surface area (TPSA) is 61.4 Å². The molecule has 1 saturated heterocycles. The third-order valence-corrected chi connectivity index (χ3v) is 4.59. The molecular formula is C17H26N2O2. The molecular weight excluding hydrogens is 264 g/mol. The van der Waals surface area contributed by atoms with E-state index in [1.54, 1.807) is 0 Å². The van der Waals surface area contributed by atoms with Gasteiger partial charge in [0.1, 0.15) is 0 Å². The molecule has 0 aliphatic carbocycles. The Morgan fingerprint density at radius 3 is 2.71 bits per heavy atom. The standard InChI is InChI=1S/C17H26N2O2/c1-17(2,14-9-6-10-18-11-14)16(21)19-15(12-20)13-7-4-3-5-8-13/h3-5,7-8,14-15,18,20H,6,9-12H2,1-2H3,(H,19,21). The number of benzene rings is 1. The number of hydrogen-bond acceptors (Lipinski definition) is 3. The van der Waals surface area contributed by atoms with Crippen LogP contribution < -0.4 is 10.6 Å². The molecule has 3 N–H and O–H groups in total. The predicted molar refractivity (Wildman–Crippen MR) is 83.8 cm³/mol. The Balaban J connectivity index is 2.04. The number of piperidine rings is 1. The number of carbonyl (C=O) groups excluding carboxylic acids is 1. The van der Waals surface area contributed by atoms with Crippen molar-refractivity contribution in [1.82, 2.24) is 10.6 Å². The highest BCUT2D eigenvalue weighted by molar-refractivity contribution is 5.82. The van der Waals surface area contributed by atoms with E-state index in [9.17, 15) is 9.90 Å². The molecule has 1 aromatic carbocycles. The first-order chi connectivity index (χ1) is 10.1. The second-order valence-corrected chi connectivity index (χ2v) is 6.38. The van der Waals surface area contributed by atoms with Crippen molar-refractivity contribution in [2.45, 2.75) is 32.7 Å². The molecule has 2 unspecified atom stereocenters. The van der Waals surface area contributed by atoms with Gasteiger partial charge in [-0.25, -0.2) is 0 Å². The Labute approximate surface area is 126 Å². The molecule has 0 bridgehead atoms. The Morgan fingerprint density at radius 2 is 2.14 bits per heavy atom. The smallest absolute Gasteiger partial charge is 0.226 e. The van der Waals surface area contributed by atoms with Crippen LogP contribution in [0, 0.1) is 11.3 Å². The molecule has 0 spiro atoms. The van der Waals surface area contributed by atoms with Crippen molar-refractivity contribution < 1.29 is 9.90 Å². The van der Waals surface area contributed by atoms with Crippen LogP contribution in [-0.2, 0) is 4.79 Å². The fourth-order valence-electron chi connectivity index (χ4n) is 2.92. The highest BCUT2D eigenvalue weighted by Crippen LogP contribution is 2.32. The Bertz CT molecular complexity index is 453. The highest BCUT2D eigenvalue weighted by atomic mass is 16.3. The molecule has 0 aromatic heterocycles. The van der Waals surface area contributed by atoms with Crippen LogP contribution in [0.5, 0.6) is 0 Å². The van der Waals surface area contributed by atoms with Gasteiger partial charge in [-0.05, 0) is 37.4 Å². The third-order valence-electron chi connectivity index (χ3n) is 4.59. The maximum atomic E-state index is 12.7. The summed E-state index contributed by atoms with van der Waals surface area (Å²) in [5, 5.41) is 15.9. The number of amides is 1. The monoisotopic (exact) mass is 290 g/mol. The number of rotatable bonds is 5. The van der Waals surface area contributed by atoms with E-state index < -0.39 is 5.41 Å². The summed E-state index contributed by atoms with van der Waals surface area (Å²) in [4.78, 5) is 12.7. The molecule has 116 valence electrons. The van der Waals surface area contributed by atoms with Crippen LogP contribution in [0.25, 0.3) is 0 Å². The lowest BCUT2D eigenvalue weighted by molar-refractivity contribution is -0.133. The van der Waals surface area contributed by atoms with Crippen molar-refractivity contribution in [1.29, 1.82) is 0 Å². The first kappa shape index (κ1) is 16.0. The summed E-state index contributed by atoms with van der Waals surface area (Å²) < 4.78 is 0. The van der Waals surface area contributed by atoms with Gasteiger partial charge in [0.2, 0.25) is 5.91 Å². The fraction of sp³-hybridized carbons (Fsp3) is 0.588. The molecule has 21 heavy (non-hydrogen) atoms. The third kappa shape index (κ3) is 3.83. The molecule has 1 fully saturated rings. The van der Waals surface area contributed by atoms with Gasteiger partial charge in [0.05, 0.1) is 12.6 Å². The molecule has 1 aromatic rings. The SMILES string of the molecule is CC(C)(C(=O)NC(CO)c1ccccc1)C1CCCNC1. The zero-order valence-electron chi connectivity index (χ0n) is 12.9. The molecule has 1 aliphatic heterocycles. The summed E-state index contributed by atoms with van der Waals surface area (Å²) in [6.07, 6.45) is 2.19. The van der Waals surface area contributed by atoms with Gasteiger partial charge in [-0.2, -0.15) is 0 Å². The van der Waals surface area contributed by atoms with Gasteiger partial charge in [0.25, 0.3) is 0 Å². The molecule has 2 rings (SSSR count). The quantitative estimate of drug-likeness (QED) is 0.776. The number of aliphatic hydroxyl groups excluding tert-OH is 1. The first-order valence-electron chi connectivity index (χ1n) is 7.73. The van der Waals surface area contributed by atoms with Crippen LogP contribution in [0.3, 0.4) is 0 Å². The van der Waals surface area contributed by atoms with Gasteiger partial charge in [0.15, 0.2) is 0 Å². The van der Waals surface area contributed by atoms with Crippen LogP contribution in [0.2, 0.25) is 0 Å². The molecule has 2 atom stereocenters. The fourth-order valence-corrected chi connectivity index (χ4v) is 2.92. The van der Waals surface area contributed by atoms with Crippen molar-refractivity contribution in [3.63, 3.8) is 0 Å². The minimum atomic E-state index is -0.435. The van der Waals surface area contributed by atoms with Crippen molar-refractivity contribution >= 4 is 5.91 Å². The van der Waals surface area contributed by atoms with Crippen LogP contribution in [0.4, 0.5) is 0 Å². The maximum absolute atomic E-state index is 12.7. The van der Waals surface area contributed by atoms with Gasteiger partial charge in [-0.15, -0.1) is 0 Å². The van der Waals surface area contributed by atoms with Gasteiger partial charge >= 0.3 is 0 Å². The summed E-state index contributed by atoms with van der Waals surface area (Å²) in [6, 6.07) is 9.28. The molecule has 0 saturated carbocycles. The summed E-state index contributed by atoms with van der Waals surface area (Å²) in [5.74, 6) is 0.348. The largest absolute Gasteiger partial charge is 0.394 e. The van der Waals surface area contributed by atoms with Gasteiger partial charge in [0, 0.05) is 5.41 Å². The zero-order valence-corrected chi connectivity index (χ0v) is 12.9.